The molecule has 1 amide bonds. The number of primary amides is 1. The van der Waals surface area contributed by atoms with Crippen LogP contribution in [0.1, 0.15) is 34.0 Å². The predicted molar refractivity (Wildman–Crippen MR) is 61.4 cm³/mol. The molecule has 0 radical (unpaired) electrons. The number of ketones is 1. The van der Waals surface area contributed by atoms with E-state index in [2.05, 4.69) is 10.3 Å². The Kier molecular flexibility index (Phi) is 3.79. The lowest BCUT2D eigenvalue weighted by molar-refractivity contribution is -0.118. The number of hydrogen-bond acceptors (Lipinski definition) is 6. The first-order valence-corrected chi connectivity index (χ1v) is 5.45. The number of nitrogens with one attached hydrogen (secondary N) is 1. The second kappa shape index (κ2) is 4.91. The van der Waals surface area contributed by atoms with Crippen LogP contribution in [-0.2, 0) is 4.79 Å². The summed E-state index contributed by atoms with van der Waals surface area (Å²) in [5, 5.41) is 11.7. The highest BCUT2D eigenvalue weighted by Crippen LogP contribution is 2.24. The first-order valence-electron chi connectivity index (χ1n) is 4.63. The Hall–Kier alpha value is -1.96. The monoisotopic (exact) mass is 257 g/mol. The summed E-state index contributed by atoms with van der Waals surface area (Å²) in [6, 6.07) is -0.692. The molecule has 0 aromatic carbocycles. The zero-order chi connectivity index (χ0) is 13.2. The Morgan fingerprint density at radius 1 is 1.47 bits per heavy atom. The van der Waals surface area contributed by atoms with Crippen LogP contribution in [0.4, 0.5) is 5.13 Å². The van der Waals surface area contributed by atoms with Crippen LogP contribution < -0.4 is 11.1 Å². The van der Waals surface area contributed by atoms with Crippen LogP contribution in [0.25, 0.3) is 0 Å². The van der Waals surface area contributed by atoms with Crippen molar-refractivity contribution in [3.63, 3.8) is 0 Å². The summed E-state index contributed by atoms with van der Waals surface area (Å²) in [4.78, 5) is 36.6. The summed E-state index contributed by atoms with van der Waals surface area (Å²) in [6.45, 7) is 2.76. The van der Waals surface area contributed by atoms with E-state index in [0.717, 1.165) is 11.3 Å². The number of aromatic nitrogens is 1. The van der Waals surface area contributed by atoms with Gasteiger partial charge in [-0.1, -0.05) is 11.3 Å². The van der Waals surface area contributed by atoms with E-state index in [1.54, 1.807) is 0 Å². The molecule has 4 N–H and O–H groups in total. The van der Waals surface area contributed by atoms with E-state index < -0.39 is 17.9 Å². The van der Waals surface area contributed by atoms with E-state index >= 15 is 0 Å². The Morgan fingerprint density at radius 3 is 2.41 bits per heavy atom. The number of hydrogen-bond donors (Lipinski definition) is 3. The van der Waals surface area contributed by atoms with E-state index in [4.69, 9.17) is 10.8 Å². The molecule has 0 saturated heterocycles. The number of thiazole rings is 1. The quantitative estimate of drug-likeness (QED) is 0.653. The van der Waals surface area contributed by atoms with Gasteiger partial charge < -0.3 is 16.2 Å². The van der Waals surface area contributed by atoms with Crippen LogP contribution in [0.2, 0.25) is 0 Å². The van der Waals surface area contributed by atoms with Crippen molar-refractivity contribution in [3.8, 4) is 0 Å². The number of carbonyl (C=O) groups excluding carboxylic acids is 2. The van der Waals surface area contributed by atoms with Crippen molar-refractivity contribution in [1.29, 1.82) is 0 Å². The van der Waals surface area contributed by atoms with E-state index in [-0.39, 0.29) is 21.5 Å². The van der Waals surface area contributed by atoms with Crippen LogP contribution in [-0.4, -0.2) is 33.8 Å². The first kappa shape index (κ1) is 13.1. The summed E-state index contributed by atoms with van der Waals surface area (Å²) >= 11 is 0.881. The predicted octanol–water partition coefficient (Wildman–Crippen LogP) is 0.330. The van der Waals surface area contributed by atoms with E-state index in [9.17, 15) is 14.4 Å². The second-order valence-electron chi connectivity index (χ2n) is 3.33. The third kappa shape index (κ3) is 3.00. The summed E-state index contributed by atoms with van der Waals surface area (Å²) in [7, 11) is 0. The number of carbonyl (C=O) groups is 3. The molecule has 0 aliphatic heterocycles. The molecule has 1 heterocycles. The fourth-order valence-electron chi connectivity index (χ4n) is 1.02. The van der Waals surface area contributed by atoms with Crippen LogP contribution in [0, 0.1) is 0 Å². The third-order valence-corrected chi connectivity index (χ3v) is 3.00. The molecule has 1 atom stereocenters. The van der Waals surface area contributed by atoms with Crippen molar-refractivity contribution < 1.29 is 19.5 Å². The fourth-order valence-corrected chi connectivity index (χ4v) is 1.96. The van der Waals surface area contributed by atoms with Crippen molar-refractivity contribution in [2.45, 2.75) is 19.9 Å². The molecule has 1 rings (SSSR count). The number of rotatable bonds is 5. The standard InChI is InChI=1S/C9H11N3O4S/c1-3(7(10)14)11-9-12-5(8(15)16)6(17-9)4(2)13/h3H,1-2H3,(H2,10,14)(H,11,12)(H,15,16). The molecule has 1 aromatic rings. The number of aromatic carboxylic acids is 1. The highest BCUT2D eigenvalue weighted by Gasteiger charge is 2.21. The lowest BCUT2D eigenvalue weighted by Crippen LogP contribution is -2.32. The van der Waals surface area contributed by atoms with Gasteiger partial charge in [-0.15, -0.1) is 0 Å². The minimum Gasteiger partial charge on any atom is -0.476 e. The van der Waals surface area contributed by atoms with Gasteiger partial charge in [0.25, 0.3) is 0 Å². The van der Waals surface area contributed by atoms with E-state index in [1.807, 2.05) is 0 Å². The molecule has 92 valence electrons. The average Bonchev–Trinajstić information content (AvgIpc) is 2.61. The van der Waals surface area contributed by atoms with Crippen LogP contribution >= 0.6 is 11.3 Å². The summed E-state index contributed by atoms with van der Waals surface area (Å²) < 4.78 is 0. The second-order valence-corrected chi connectivity index (χ2v) is 4.33. The number of amides is 1. The number of anilines is 1. The number of nitrogens with two attached hydrogens (primary N) is 1. The maximum atomic E-state index is 11.2. The summed E-state index contributed by atoms with van der Waals surface area (Å²) in [5.74, 6) is -2.27. The van der Waals surface area contributed by atoms with Gasteiger partial charge in [-0.25, -0.2) is 9.78 Å². The topological polar surface area (TPSA) is 122 Å². The summed E-state index contributed by atoms with van der Waals surface area (Å²) in [5.41, 5.74) is 4.72. The molecule has 8 heteroatoms. The van der Waals surface area contributed by atoms with Gasteiger partial charge in [-0.05, 0) is 6.92 Å². The fraction of sp³-hybridized carbons (Fsp3) is 0.333. The Morgan fingerprint density at radius 2 is 2.06 bits per heavy atom. The SMILES string of the molecule is CC(=O)c1sc(NC(C)C(N)=O)nc1C(=O)O. The minimum absolute atomic E-state index is 0.0386. The normalized spacial score (nSPS) is 11.9. The zero-order valence-corrected chi connectivity index (χ0v) is 10.00. The third-order valence-electron chi connectivity index (χ3n) is 1.92. The molecule has 0 bridgehead atoms. The molecule has 0 saturated carbocycles. The van der Waals surface area contributed by atoms with Gasteiger partial charge >= 0.3 is 5.97 Å². The molecular weight excluding hydrogens is 246 g/mol. The molecule has 17 heavy (non-hydrogen) atoms. The van der Waals surface area contributed by atoms with Crippen molar-refractivity contribution in [2.75, 3.05) is 5.32 Å². The molecular formula is C9H11N3O4S. The Bertz CT molecular complexity index is 451. The smallest absolute Gasteiger partial charge is 0.356 e. The molecule has 1 unspecified atom stereocenters. The summed E-state index contributed by atoms with van der Waals surface area (Å²) in [6.07, 6.45) is 0. The van der Waals surface area contributed by atoms with Gasteiger partial charge in [0.15, 0.2) is 16.6 Å². The first-order chi connectivity index (χ1) is 7.82. The van der Waals surface area contributed by atoms with Crippen LogP contribution in [0.15, 0.2) is 0 Å². The number of Topliss-reactive ketones (excluding diaryl/α,β-unsaturated/α-hetero) is 1. The van der Waals surface area contributed by atoms with Crippen molar-refractivity contribution in [1.82, 2.24) is 4.98 Å². The number of carboxylic acid groups (broad SMARTS) is 1. The van der Waals surface area contributed by atoms with Crippen molar-refractivity contribution in [2.24, 2.45) is 5.73 Å². The lowest BCUT2D eigenvalue weighted by atomic mass is 10.3. The van der Waals surface area contributed by atoms with Gasteiger partial charge in [0.05, 0.1) is 0 Å². The van der Waals surface area contributed by atoms with E-state index in [1.165, 1.54) is 13.8 Å². The molecule has 7 nitrogen and oxygen atoms in total. The highest BCUT2D eigenvalue weighted by atomic mass is 32.1. The highest BCUT2D eigenvalue weighted by molar-refractivity contribution is 7.17. The zero-order valence-electron chi connectivity index (χ0n) is 9.18. The van der Waals surface area contributed by atoms with Gasteiger partial charge in [0.1, 0.15) is 10.9 Å². The maximum Gasteiger partial charge on any atom is 0.356 e. The molecule has 0 spiro atoms. The largest absolute Gasteiger partial charge is 0.476 e. The molecule has 0 aliphatic carbocycles. The number of carboxylic acids is 1. The van der Waals surface area contributed by atoms with Gasteiger partial charge in [-0.2, -0.15) is 0 Å². The lowest BCUT2D eigenvalue weighted by Gasteiger charge is -2.07. The molecule has 0 aliphatic rings. The number of nitrogens with zero attached hydrogens (tertiary/aromatic N) is 1. The van der Waals surface area contributed by atoms with Crippen molar-refractivity contribution in [3.05, 3.63) is 10.6 Å². The van der Waals surface area contributed by atoms with Gasteiger partial charge in [-0.3, -0.25) is 9.59 Å². The molecule has 0 fully saturated rings. The Labute approximate surface area is 101 Å². The van der Waals surface area contributed by atoms with Crippen LogP contribution in [0.5, 0.6) is 0 Å². The van der Waals surface area contributed by atoms with Gasteiger partial charge in [0, 0.05) is 6.92 Å². The molecule has 1 aromatic heterocycles. The Balaban J connectivity index is 3.04. The van der Waals surface area contributed by atoms with Crippen LogP contribution in [0.3, 0.4) is 0 Å². The maximum absolute atomic E-state index is 11.2. The van der Waals surface area contributed by atoms with E-state index in [0.29, 0.717) is 0 Å². The van der Waals surface area contributed by atoms with Gasteiger partial charge in [0.2, 0.25) is 5.91 Å². The minimum atomic E-state index is -1.29. The van der Waals surface area contributed by atoms with Crippen molar-refractivity contribution >= 4 is 34.1 Å². The average molecular weight is 257 g/mol.